The van der Waals surface area contributed by atoms with Crippen LogP contribution in [0, 0.1) is 0 Å². The van der Waals surface area contributed by atoms with Crippen molar-refractivity contribution in [3.05, 3.63) is 68.5 Å². The number of aliphatic hydroxyl groups is 1. The number of thiophene rings is 2. The molecule has 7 heteroatoms. The van der Waals surface area contributed by atoms with Crippen LogP contribution in [-0.4, -0.2) is 29.8 Å². The maximum absolute atomic E-state index is 12.4. The van der Waals surface area contributed by atoms with E-state index in [1.165, 1.54) is 22.7 Å². The molecule has 3 heterocycles. The molecule has 1 aliphatic heterocycles. The summed E-state index contributed by atoms with van der Waals surface area (Å²) < 4.78 is 11.7. The monoisotopic (exact) mass is 429 g/mol. The van der Waals surface area contributed by atoms with Crippen molar-refractivity contribution >= 4 is 28.6 Å². The largest absolute Gasteiger partial charge is 0.483 e. The lowest BCUT2D eigenvalue weighted by Gasteiger charge is -2.27. The van der Waals surface area contributed by atoms with Crippen LogP contribution in [0.4, 0.5) is 0 Å². The van der Waals surface area contributed by atoms with E-state index in [-0.39, 0.29) is 24.7 Å². The number of para-hydroxylation sites is 1. The van der Waals surface area contributed by atoms with Crippen LogP contribution < -0.4 is 14.8 Å². The lowest BCUT2D eigenvalue weighted by Crippen LogP contribution is -2.42. The van der Waals surface area contributed by atoms with E-state index in [1.54, 1.807) is 6.07 Å². The average Bonchev–Trinajstić information content (AvgIpc) is 3.44. The highest BCUT2D eigenvalue weighted by molar-refractivity contribution is 7.10. The highest BCUT2D eigenvalue weighted by atomic mass is 32.1. The SMILES string of the molecule is CC1(C)Cc2cccc(OCC(=O)NC[C@@](O)(c3ccsc3)c3cccs3)c2O1. The molecule has 0 saturated carbocycles. The molecular formula is C22H23NO4S2. The van der Waals surface area contributed by atoms with Crippen molar-refractivity contribution in [2.45, 2.75) is 31.5 Å². The summed E-state index contributed by atoms with van der Waals surface area (Å²) in [6.07, 6.45) is 0.806. The predicted molar refractivity (Wildman–Crippen MR) is 115 cm³/mol. The Kier molecular flexibility index (Phi) is 5.38. The van der Waals surface area contributed by atoms with Gasteiger partial charge in [0.25, 0.3) is 5.91 Å². The average molecular weight is 430 g/mol. The normalized spacial score (nSPS) is 16.5. The van der Waals surface area contributed by atoms with E-state index in [9.17, 15) is 9.90 Å². The molecule has 2 N–H and O–H groups in total. The molecule has 3 aromatic rings. The van der Waals surface area contributed by atoms with Crippen LogP contribution in [-0.2, 0) is 16.8 Å². The molecule has 2 aromatic heterocycles. The summed E-state index contributed by atoms with van der Waals surface area (Å²) in [5.74, 6) is 0.971. The Hall–Kier alpha value is -2.35. The van der Waals surface area contributed by atoms with Gasteiger partial charge < -0.3 is 19.9 Å². The van der Waals surface area contributed by atoms with Crippen LogP contribution in [0.25, 0.3) is 0 Å². The maximum Gasteiger partial charge on any atom is 0.258 e. The molecule has 1 amide bonds. The molecule has 0 bridgehead atoms. The van der Waals surface area contributed by atoms with Crippen molar-refractivity contribution in [1.29, 1.82) is 0 Å². The minimum Gasteiger partial charge on any atom is -0.483 e. The molecule has 4 rings (SSSR count). The Balaban J connectivity index is 1.40. The number of benzene rings is 1. The van der Waals surface area contributed by atoms with E-state index in [0.29, 0.717) is 11.5 Å². The molecule has 0 spiro atoms. The van der Waals surface area contributed by atoms with Gasteiger partial charge in [0.05, 0.1) is 6.54 Å². The van der Waals surface area contributed by atoms with E-state index in [2.05, 4.69) is 5.32 Å². The van der Waals surface area contributed by atoms with Crippen molar-refractivity contribution in [1.82, 2.24) is 5.32 Å². The van der Waals surface area contributed by atoms with Crippen LogP contribution in [0.5, 0.6) is 11.5 Å². The second-order valence-electron chi connectivity index (χ2n) is 7.70. The van der Waals surface area contributed by atoms with E-state index in [4.69, 9.17) is 9.47 Å². The lowest BCUT2D eigenvalue weighted by molar-refractivity contribution is -0.124. The number of nitrogens with one attached hydrogen (secondary N) is 1. The van der Waals surface area contributed by atoms with Gasteiger partial charge in [-0.1, -0.05) is 18.2 Å². The molecule has 1 atom stereocenters. The van der Waals surface area contributed by atoms with Crippen LogP contribution >= 0.6 is 22.7 Å². The number of fused-ring (bicyclic) bond motifs is 1. The topological polar surface area (TPSA) is 67.8 Å². The zero-order valence-electron chi connectivity index (χ0n) is 16.3. The van der Waals surface area contributed by atoms with Crippen LogP contribution in [0.1, 0.15) is 29.9 Å². The summed E-state index contributed by atoms with van der Waals surface area (Å²) in [6.45, 7) is 3.98. The van der Waals surface area contributed by atoms with Crippen molar-refractivity contribution < 1.29 is 19.4 Å². The van der Waals surface area contributed by atoms with Gasteiger partial charge in [0, 0.05) is 22.4 Å². The summed E-state index contributed by atoms with van der Waals surface area (Å²) in [4.78, 5) is 13.2. The van der Waals surface area contributed by atoms with Crippen LogP contribution in [0.2, 0.25) is 0 Å². The smallest absolute Gasteiger partial charge is 0.258 e. The first-order chi connectivity index (χ1) is 13.9. The van der Waals surface area contributed by atoms with Crippen molar-refractivity contribution in [2.24, 2.45) is 0 Å². The zero-order chi connectivity index (χ0) is 20.5. The van der Waals surface area contributed by atoms with Crippen molar-refractivity contribution in [3.63, 3.8) is 0 Å². The standard InChI is InChI=1S/C22H23NO4S2/c1-21(2)11-15-5-3-6-17(20(15)27-21)26-12-19(24)23-14-22(25,16-8-10-28-13-16)18-7-4-9-29-18/h3-10,13,25H,11-12,14H2,1-2H3,(H,23,24)/t22-/m1/s1. The van der Waals surface area contributed by atoms with E-state index >= 15 is 0 Å². The molecule has 0 fully saturated rings. The third kappa shape index (κ3) is 4.17. The number of hydrogen-bond acceptors (Lipinski definition) is 6. The molecule has 0 radical (unpaired) electrons. The highest BCUT2D eigenvalue weighted by Crippen LogP contribution is 2.41. The molecule has 29 heavy (non-hydrogen) atoms. The number of ether oxygens (including phenoxy) is 2. The zero-order valence-corrected chi connectivity index (χ0v) is 17.9. The summed E-state index contributed by atoms with van der Waals surface area (Å²) in [7, 11) is 0. The Morgan fingerprint density at radius 3 is 2.86 bits per heavy atom. The number of amides is 1. The maximum atomic E-state index is 12.4. The first-order valence-electron chi connectivity index (χ1n) is 9.37. The molecule has 0 aliphatic carbocycles. The van der Waals surface area contributed by atoms with Crippen molar-refractivity contribution in [3.8, 4) is 11.5 Å². The number of hydrogen-bond donors (Lipinski definition) is 2. The summed E-state index contributed by atoms with van der Waals surface area (Å²) in [6, 6.07) is 11.4. The Morgan fingerprint density at radius 1 is 1.28 bits per heavy atom. The van der Waals surface area contributed by atoms with Gasteiger partial charge in [-0.3, -0.25) is 4.79 Å². The molecule has 0 saturated heterocycles. The third-order valence-corrected chi connectivity index (χ3v) is 6.59. The number of carbonyl (C=O) groups excluding carboxylic acids is 1. The Bertz CT molecular complexity index is 946. The predicted octanol–water partition coefficient (Wildman–Crippen LogP) is 3.95. The third-order valence-electron chi connectivity index (χ3n) is 4.88. The van der Waals surface area contributed by atoms with E-state index in [1.807, 2.05) is 60.3 Å². The fourth-order valence-corrected chi connectivity index (χ4v) is 5.04. The van der Waals surface area contributed by atoms with Gasteiger partial charge in [-0.2, -0.15) is 11.3 Å². The molecule has 5 nitrogen and oxygen atoms in total. The molecular weight excluding hydrogens is 406 g/mol. The van der Waals surface area contributed by atoms with Crippen molar-refractivity contribution in [2.75, 3.05) is 13.2 Å². The number of carbonyl (C=O) groups is 1. The highest BCUT2D eigenvalue weighted by Gasteiger charge is 2.34. The Morgan fingerprint density at radius 2 is 2.14 bits per heavy atom. The molecule has 0 unspecified atom stereocenters. The Labute approximate surface area is 177 Å². The van der Waals surface area contributed by atoms with Crippen LogP contribution in [0.3, 0.4) is 0 Å². The van der Waals surface area contributed by atoms with Gasteiger partial charge in [-0.05, 0) is 48.2 Å². The quantitative estimate of drug-likeness (QED) is 0.597. The summed E-state index contributed by atoms with van der Waals surface area (Å²) in [5.41, 5.74) is 0.312. The summed E-state index contributed by atoms with van der Waals surface area (Å²) >= 11 is 2.97. The van der Waals surface area contributed by atoms with E-state index < -0.39 is 5.60 Å². The molecule has 1 aliphatic rings. The van der Waals surface area contributed by atoms with Gasteiger partial charge in [0.1, 0.15) is 11.2 Å². The molecule has 1 aromatic carbocycles. The summed E-state index contributed by atoms with van der Waals surface area (Å²) in [5, 5.41) is 19.8. The second kappa shape index (κ2) is 7.82. The number of rotatable bonds is 7. The second-order valence-corrected chi connectivity index (χ2v) is 9.43. The first kappa shape index (κ1) is 19.9. The van der Waals surface area contributed by atoms with Gasteiger partial charge >= 0.3 is 0 Å². The van der Waals surface area contributed by atoms with Gasteiger partial charge in [0.2, 0.25) is 0 Å². The fourth-order valence-electron chi connectivity index (χ4n) is 3.47. The fraction of sp³-hybridized carbons (Fsp3) is 0.318. The first-order valence-corrected chi connectivity index (χ1v) is 11.2. The van der Waals surface area contributed by atoms with Gasteiger partial charge in [0.15, 0.2) is 18.1 Å². The van der Waals surface area contributed by atoms with Crippen LogP contribution in [0.15, 0.2) is 52.5 Å². The van der Waals surface area contributed by atoms with E-state index in [0.717, 1.165) is 22.4 Å². The minimum absolute atomic E-state index is 0.0723. The lowest BCUT2D eigenvalue weighted by atomic mass is 9.94. The molecule has 152 valence electrons. The minimum atomic E-state index is -1.26. The van der Waals surface area contributed by atoms with Gasteiger partial charge in [-0.15, -0.1) is 11.3 Å². The van der Waals surface area contributed by atoms with Gasteiger partial charge in [-0.25, -0.2) is 0 Å².